The SMILES string of the molecule is Cc1cc(N2CCCC(C)C2)nc(NCCCc2ccccc2)n1. The zero-order valence-corrected chi connectivity index (χ0v) is 14.8. The number of hydrogen-bond donors (Lipinski definition) is 1. The average Bonchev–Trinajstić information content (AvgIpc) is 2.59. The van der Waals surface area contributed by atoms with Gasteiger partial charge >= 0.3 is 0 Å². The Labute approximate surface area is 145 Å². The van der Waals surface area contributed by atoms with Gasteiger partial charge in [-0.3, -0.25) is 0 Å². The average molecular weight is 324 g/mol. The first-order valence-electron chi connectivity index (χ1n) is 9.09. The van der Waals surface area contributed by atoms with Crippen LogP contribution in [-0.2, 0) is 6.42 Å². The minimum Gasteiger partial charge on any atom is -0.356 e. The normalized spacial score (nSPS) is 17.8. The highest BCUT2D eigenvalue weighted by molar-refractivity contribution is 5.45. The maximum Gasteiger partial charge on any atom is 0.224 e. The molecule has 0 amide bonds. The first-order chi connectivity index (χ1) is 11.7. The number of aromatic nitrogens is 2. The molecule has 1 aromatic carbocycles. The Balaban J connectivity index is 1.55. The van der Waals surface area contributed by atoms with Gasteiger partial charge in [0.15, 0.2) is 0 Å². The Kier molecular flexibility index (Phi) is 5.68. The minimum atomic E-state index is 0.747. The fraction of sp³-hybridized carbons (Fsp3) is 0.500. The molecule has 0 saturated carbocycles. The van der Waals surface area contributed by atoms with E-state index in [0.29, 0.717) is 0 Å². The second-order valence-corrected chi connectivity index (χ2v) is 6.90. The van der Waals surface area contributed by atoms with Gasteiger partial charge in [-0.05, 0) is 44.1 Å². The molecule has 0 aliphatic carbocycles. The highest BCUT2D eigenvalue weighted by Crippen LogP contribution is 2.22. The number of nitrogens with one attached hydrogen (secondary N) is 1. The fourth-order valence-corrected chi connectivity index (χ4v) is 3.33. The molecule has 0 radical (unpaired) electrons. The third-order valence-electron chi connectivity index (χ3n) is 4.59. The van der Waals surface area contributed by atoms with Crippen molar-refractivity contribution in [1.29, 1.82) is 0 Å². The van der Waals surface area contributed by atoms with Crippen molar-refractivity contribution in [3.05, 3.63) is 47.7 Å². The summed E-state index contributed by atoms with van der Waals surface area (Å²) in [5, 5.41) is 3.40. The molecule has 1 saturated heterocycles. The van der Waals surface area contributed by atoms with Gasteiger partial charge in [0.2, 0.25) is 5.95 Å². The molecule has 1 fully saturated rings. The molecule has 0 spiro atoms. The van der Waals surface area contributed by atoms with Gasteiger partial charge < -0.3 is 10.2 Å². The lowest BCUT2D eigenvalue weighted by atomic mass is 10.0. The van der Waals surface area contributed by atoms with Crippen LogP contribution in [0, 0.1) is 12.8 Å². The van der Waals surface area contributed by atoms with E-state index in [0.717, 1.165) is 55.9 Å². The largest absolute Gasteiger partial charge is 0.356 e. The van der Waals surface area contributed by atoms with Crippen LogP contribution in [0.1, 0.15) is 37.4 Å². The van der Waals surface area contributed by atoms with Gasteiger partial charge in [0.05, 0.1) is 0 Å². The molecule has 1 unspecified atom stereocenters. The van der Waals surface area contributed by atoms with E-state index in [2.05, 4.69) is 58.5 Å². The summed E-state index contributed by atoms with van der Waals surface area (Å²) in [6.45, 7) is 7.48. The predicted molar refractivity (Wildman–Crippen MR) is 101 cm³/mol. The number of piperidine rings is 1. The number of benzene rings is 1. The van der Waals surface area contributed by atoms with Crippen LogP contribution < -0.4 is 10.2 Å². The number of rotatable bonds is 6. The van der Waals surface area contributed by atoms with E-state index in [1.165, 1.54) is 18.4 Å². The standard InChI is InChI=1S/C20H28N4/c1-16-8-7-13-24(15-16)19-14-17(2)22-20(23-19)21-12-6-11-18-9-4-3-5-10-18/h3-5,9-10,14,16H,6-8,11-13,15H2,1-2H3,(H,21,22,23). The molecule has 128 valence electrons. The van der Waals surface area contributed by atoms with E-state index in [1.807, 2.05) is 6.92 Å². The summed E-state index contributed by atoms with van der Waals surface area (Å²) in [7, 11) is 0. The van der Waals surface area contributed by atoms with Crippen molar-refractivity contribution in [3.8, 4) is 0 Å². The van der Waals surface area contributed by atoms with Crippen molar-refractivity contribution in [3.63, 3.8) is 0 Å². The van der Waals surface area contributed by atoms with E-state index in [1.54, 1.807) is 0 Å². The van der Waals surface area contributed by atoms with E-state index in [-0.39, 0.29) is 0 Å². The molecular formula is C20H28N4. The van der Waals surface area contributed by atoms with Gasteiger partial charge in [-0.15, -0.1) is 0 Å². The van der Waals surface area contributed by atoms with Crippen molar-refractivity contribution in [2.45, 2.75) is 39.5 Å². The first kappa shape index (κ1) is 16.7. The summed E-state index contributed by atoms with van der Waals surface area (Å²) in [5.41, 5.74) is 2.41. The van der Waals surface area contributed by atoms with Crippen molar-refractivity contribution in [2.24, 2.45) is 5.92 Å². The van der Waals surface area contributed by atoms with Crippen LogP contribution in [0.5, 0.6) is 0 Å². The van der Waals surface area contributed by atoms with Crippen molar-refractivity contribution in [1.82, 2.24) is 9.97 Å². The molecule has 0 bridgehead atoms. The molecule has 1 N–H and O–H groups in total. The highest BCUT2D eigenvalue weighted by Gasteiger charge is 2.18. The Morgan fingerprint density at radius 2 is 2.04 bits per heavy atom. The van der Waals surface area contributed by atoms with Gasteiger partial charge in [0.25, 0.3) is 0 Å². The number of hydrogen-bond acceptors (Lipinski definition) is 4. The summed E-state index contributed by atoms with van der Waals surface area (Å²) in [5.74, 6) is 2.58. The maximum atomic E-state index is 4.74. The summed E-state index contributed by atoms with van der Waals surface area (Å²) in [4.78, 5) is 11.7. The van der Waals surface area contributed by atoms with Gasteiger partial charge in [0.1, 0.15) is 5.82 Å². The molecule has 2 aromatic rings. The lowest BCUT2D eigenvalue weighted by Crippen LogP contribution is -2.35. The molecular weight excluding hydrogens is 296 g/mol. The lowest BCUT2D eigenvalue weighted by molar-refractivity contribution is 0.444. The van der Waals surface area contributed by atoms with E-state index < -0.39 is 0 Å². The molecule has 24 heavy (non-hydrogen) atoms. The second kappa shape index (κ2) is 8.13. The molecule has 4 nitrogen and oxygen atoms in total. The number of nitrogens with zero attached hydrogens (tertiary/aromatic N) is 3. The second-order valence-electron chi connectivity index (χ2n) is 6.90. The molecule has 3 rings (SSSR count). The number of aryl methyl sites for hydroxylation is 2. The fourth-order valence-electron chi connectivity index (χ4n) is 3.33. The monoisotopic (exact) mass is 324 g/mol. The third-order valence-corrected chi connectivity index (χ3v) is 4.59. The molecule has 1 aliphatic rings. The topological polar surface area (TPSA) is 41.1 Å². The van der Waals surface area contributed by atoms with Gasteiger partial charge in [-0.2, -0.15) is 4.98 Å². The quantitative estimate of drug-likeness (QED) is 0.813. The summed E-state index contributed by atoms with van der Waals surface area (Å²) >= 11 is 0. The minimum absolute atomic E-state index is 0.747. The lowest BCUT2D eigenvalue weighted by Gasteiger charge is -2.32. The molecule has 1 atom stereocenters. The summed E-state index contributed by atoms with van der Waals surface area (Å²) in [6.07, 6.45) is 4.74. The van der Waals surface area contributed by atoms with Gasteiger partial charge in [-0.25, -0.2) is 4.98 Å². The smallest absolute Gasteiger partial charge is 0.224 e. The Morgan fingerprint density at radius 3 is 2.83 bits per heavy atom. The molecule has 1 aliphatic heterocycles. The first-order valence-corrected chi connectivity index (χ1v) is 9.09. The van der Waals surface area contributed by atoms with Crippen molar-refractivity contribution < 1.29 is 0 Å². The third kappa shape index (κ3) is 4.70. The maximum absolute atomic E-state index is 4.74. The Bertz CT molecular complexity index is 641. The van der Waals surface area contributed by atoms with Gasteiger partial charge in [0, 0.05) is 31.4 Å². The van der Waals surface area contributed by atoms with Crippen LogP contribution in [0.15, 0.2) is 36.4 Å². The van der Waals surface area contributed by atoms with Crippen LogP contribution in [-0.4, -0.2) is 29.6 Å². The van der Waals surface area contributed by atoms with Crippen LogP contribution in [0.25, 0.3) is 0 Å². The van der Waals surface area contributed by atoms with Crippen molar-refractivity contribution >= 4 is 11.8 Å². The van der Waals surface area contributed by atoms with Crippen LogP contribution in [0.3, 0.4) is 0 Å². The molecule has 4 heteroatoms. The Morgan fingerprint density at radius 1 is 1.21 bits per heavy atom. The van der Waals surface area contributed by atoms with E-state index in [9.17, 15) is 0 Å². The van der Waals surface area contributed by atoms with Crippen molar-refractivity contribution in [2.75, 3.05) is 29.9 Å². The highest BCUT2D eigenvalue weighted by atomic mass is 15.2. The Hall–Kier alpha value is -2.10. The number of anilines is 2. The van der Waals surface area contributed by atoms with Crippen LogP contribution in [0.2, 0.25) is 0 Å². The zero-order valence-electron chi connectivity index (χ0n) is 14.8. The van der Waals surface area contributed by atoms with E-state index >= 15 is 0 Å². The van der Waals surface area contributed by atoms with Gasteiger partial charge in [-0.1, -0.05) is 37.3 Å². The summed E-state index contributed by atoms with van der Waals surface area (Å²) in [6, 6.07) is 12.7. The summed E-state index contributed by atoms with van der Waals surface area (Å²) < 4.78 is 0. The van der Waals surface area contributed by atoms with Crippen LogP contribution >= 0.6 is 0 Å². The molecule has 1 aromatic heterocycles. The van der Waals surface area contributed by atoms with Crippen LogP contribution in [0.4, 0.5) is 11.8 Å². The zero-order chi connectivity index (χ0) is 16.8. The molecule has 2 heterocycles. The van der Waals surface area contributed by atoms with E-state index in [4.69, 9.17) is 4.98 Å². The predicted octanol–water partition coefficient (Wildman–Crippen LogP) is 4.07.